The summed E-state index contributed by atoms with van der Waals surface area (Å²) in [5.41, 5.74) is 0.545. The lowest BCUT2D eigenvalue weighted by Crippen LogP contribution is -2.18. The predicted molar refractivity (Wildman–Crippen MR) is 78.7 cm³/mol. The molecule has 0 atom stereocenters. The molecule has 0 N–H and O–H groups in total. The van der Waals surface area contributed by atoms with Crippen molar-refractivity contribution >= 4 is 28.7 Å². The SMILES string of the molecule is COC(=O)c1ccc([N+](=O)[O-])c(N(C)Cc2nccs2)c1. The normalized spacial score (nSPS) is 10.2. The van der Waals surface area contributed by atoms with E-state index in [1.807, 2.05) is 5.38 Å². The van der Waals surface area contributed by atoms with Crippen molar-refractivity contribution in [2.24, 2.45) is 0 Å². The van der Waals surface area contributed by atoms with Crippen LogP contribution in [0.4, 0.5) is 11.4 Å². The summed E-state index contributed by atoms with van der Waals surface area (Å²) in [5, 5.41) is 13.8. The van der Waals surface area contributed by atoms with E-state index in [4.69, 9.17) is 0 Å². The smallest absolute Gasteiger partial charge is 0.337 e. The van der Waals surface area contributed by atoms with Gasteiger partial charge in [0.15, 0.2) is 0 Å². The van der Waals surface area contributed by atoms with Crippen LogP contribution in [0.15, 0.2) is 29.8 Å². The number of anilines is 1. The zero-order chi connectivity index (χ0) is 15.4. The van der Waals surface area contributed by atoms with Crippen molar-refractivity contribution in [1.29, 1.82) is 0 Å². The van der Waals surface area contributed by atoms with Gasteiger partial charge < -0.3 is 9.64 Å². The number of hydrogen-bond acceptors (Lipinski definition) is 7. The summed E-state index contributed by atoms with van der Waals surface area (Å²) in [7, 11) is 2.98. The third-order valence-electron chi connectivity index (χ3n) is 2.86. The molecule has 0 radical (unpaired) electrons. The molecular weight excluding hydrogens is 294 g/mol. The molecule has 21 heavy (non-hydrogen) atoms. The monoisotopic (exact) mass is 307 g/mol. The van der Waals surface area contributed by atoms with Crippen molar-refractivity contribution in [1.82, 2.24) is 4.98 Å². The topological polar surface area (TPSA) is 85.6 Å². The second-order valence-electron chi connectivity index (χ2n) is 4.23. The molecule has 7 nitrogen and oxygen atoms in total. The quantitative estimate of drug-likeness (QED) is 0.479. The molecule has 0 spiro atoms. The van der Waals surface area contributed by atoms with Gasteiger partial charge in [0.05, 0.1) is 24.1 Å². The van der Waals surface area contributed by atoms with Crippen molar-refractivity contribution < 1.29 is 14.5 Å². The van der Waals surface area contributed by atoms with Crippen LogP contribution in [0.5, 0.6) is 0 Å². The van der Waals surface area contributed by atoms with Crippen LogP contribution in [-0.2, 0) is 11.3 Å². The molecule has 1 aromatic carbocycles. The summed E-state index contributed by atoms with van der Waals surface area (Å²) in [6, 6.07) is 4.14. The lowest BCUT2D eigenvalue weighted by molar-refractivity contribution is -0.384. The number of carbonyl (C=O) groups excluding carboxylic acids is 1. The van der Waals surface area contributed by atoms with Crippen molar-refractivity contribution in [3.8, 4) is 0 Å². The first kappa shape index (κ1) is 14.9. The molecule has 0 aliphatic carbocycles. The number of nitro benzene ring substituents is 1. The van der Waals surface area contributed by atoms with E-state index in [1.54, 1.807) is 18.1 Å². The van der Waals surface area contributed by atoms with Gasteiger partial charge in [0, 0.05) is 24.7 Å². The van der Waals surface area contributed by atoms with E-state index in [2.05, 4.69) is 9.72 Å². The Morgan fingerprint density at radius 3 is 2.86 bits per heavy atom. The standard InChI is InChI=1S/C13H13N3O4S/c1-15(8-12-14-5-6-21-12)11-7-9(13(17)20-2)3-4-10(11)16(18)19/h3-7H,8H2,1-2H3. The maximum atomic E-state index is 11.6. The van der Waals surface area contributed by atoms with Crippen LogP contribution in [0.25, 0.3) is 0 Å². The Labute approximate surface area is 124 Å². The van der Waals surface area contributed by atoms with Gasteiger partial charge in [-0.3, -0.25) is 10.1 Å². The molecule has 2 rings (SSSR count). The number of esters is 1. The molecule has 0 saturated carbocycles. The van der Waals surface area contributed by atoms with Crippen molar-refractivity contribution in [3.05, 3.63) is 50.5 Å². The van der Waals surface area contributed by atoms with Gasteiger partial charge >= 0.3 is 5.97 Å². The zero-order valence-corrected chi connectivity index (χ0v) is 12.3. The number of thiazole rings is 1. The van der Waals surface area contributed by atoms with E-state index in [0.29, 0.717) is 12.2 Å². The van der Waals surface area contributed by atoms with Crippen LogP contribution in [0, 0.1) is 10.1 Å². The Kier molecular flexibility index (Phi) is 4.49. The molecule has 2 aromatic rings. The highest BCUT2D eigenvalue weighted by molar-refractivity contribution is 7.09. The minimum atomic E-state index is -0.534. The van der Waals surface area contributed by atoms with Crippen LogP contribution in [0.1, 0.15) is 15.4 Å². The van der Waals surface area contributed by atoms with Crippen molar-refractivity contribution in [3.63, 3.8) is 0 Å². The number of benzene rings is 1. The summed E-state index contributed by atoms with van der Waals surface area (Å²) in [5.74, 6) is -0.534. The summed E-state index contributed by atoms with van der Waals surface area (Å²) < 4.78 is 4.64. The van der Waals surface area contributed by atoms with E-state index in [-0.39, 0.29) is 11.3 Å². The molecule has 0 bridgehead atoms. The summed E-state index contributed by atoms with van der Waals surface area (Å²) >= 11 is 1.46. The van der Waals surface area contributed by atoms with Gasteiger partial charge in [0.1, 0.15) is 10.7 Å². The molecule has 1 heterocycles. The Morgan fingerprint density at radius 2 is 2.29 bits per heavy atom. The van der Waals surface area contributed by atoms with Gasteiger partial charge in [-0.25, -0.2) is 9.78 Å². The number of aromatic nitrogens is 1. The van der Waals surface area contributed by atoms with Gasteiger partial charge in [-0.1, -0.05) is 0 Å². The van der Waals surface area contributed by atoms with E-state index in [9.17, 15) is 14.9 Å². The van der Waals surface area contributed by atoms with Gasteiger partial charge in [-0.2, -0.15) is 0 Å². The molecule has 110 valence electrons. The number of rotatable bonds is 5. The van der Waals surface area contributed by atoms with Gasteiger partial charge in [0.2, 0.25) is 0 Å². The minimum Gasteiger partial charge on any atom is -0.465 e. The molecule has 0 aliphatic heterocycles. The third kappa shape index (κ3) is 3.34. The van der Waals surface area contributed by atoms with Crippen molar-refractivity contribution in [2.75, 3.05) is 19.1 Å². The first-order valence-electron chi connectivity index (χ1n) is 5.99. The molecule has 0 fully saturated rings. The Bertz CT molecular complexity index is 657. The lowest BCUT2D eigenvalue weighted by atomic mass is 10.1. The van der Waals surface area contributed by atoms with Gasteiger partial charge in [-0.15, -0.1) is 11.3 Å². The Morgan fingerprint density at radius 1 is 1.52 bits per heavy atom. The molecule has 8 heteroatoms. The Hall–Kier alpha value is -2.48. The number of methoxy groups -OCH3 is 1. The number of ether oxygens (including phenoxy) is 1. The number of carbonyl (C=O) groups is 1. The first-order valence-corrected chi connectivity index (χ1v) is 6.87. The maximum absolute atomic E-state index is 11.6. The van der Waals surface area contributed by atoms with E-state index in [0.717, 1.165) is 5.01 Å². The molecule has 1 aromatic heterocycles. The molecule has 0 aliphatic rings. The van der Waals surface area contributed by atoms with E-state index < -0.39 is 10.9 Å². The minimum absolute atomic E-state index is 0.0679. The largest absolute Gasteiger partial charge is 0.465 e. The fourth-order valence-corrected chi connectivity index (χ4v) is 2.52. The van der Waals surface area contributed by atoms with Crippen LogP contribution in [-0.4, -0.2) is 30.0 Å². The number of hydrogen-bond donors (Lipinski definition) is 0. The highest BCUT2D eigenvalue weighted by atomic mass is 32.1. The highest BCUT2D eigenvalue weighted by Gasteiger charge is 2.20. The fraction of sp³-hybridized carbons (Fsp3) is 0.231. The molecule has 0 amide bonds. The summed E-state index contributed by atoms with van der Waals surface area (Å²) in [6.45, 7) is 0.420. The number of nitro groups is 1. The van der Waals surface area contributed by atoms with Crippen LogP contribution in [0.2, 0.25) is 0 Å². The maximum Gasteiger partial charge on any atom is 0.337 e. The Balaban J connectivity index is 2.37. The lowest BCUT2D eigenvalue weighted by Gasteiger charge is -2.18. The van der Waals surface area contributed by atoms with E-state index >= 15 is 0 Å². The second-order valence-corrected chi connectivity index (χ2v) is 5.21. The fourth-order valence-electron chi connectivity index (χ4n) is 1.85. The third-order valence-corrected chi connectivity index (χ3v) is 3.62. The van der Waals surface area contributed by atoms with Gasteiger partial charge in [0.25, 0.3) is 5.69 Å². The van der Waals surface area contributed by atoms with Crippen molar-refractivity contribution in [2.45, 2.75) is 6.54 Å². The average Bonchev–Trinajstić information content (AvgIpc) is 2.98. The number of nitrogens with zero attached hydrogens (tertiary/aromatic N) is 3. The van der Waals surface area contributed by atoms with Crippen LogP contribution in [0.3, 0.4) is 0 Å². The molecule has 0 unspecified atom stereocenters. The highest BCUT2D eigenvalue weighted by Crippen LogP contribution is 2.30. The molecule has 0 saturated heterocycles. The second kappa shape index (κ2) is 6.31. The summed E-state index contributed by atoms with van der Waals surface area (Å²) in [6.07, 6.45) is 1.67. The summed E-state index contributed by atoms with van der Waals surface area (Å²) in [4.78, 5) is 28.0. The average molecular weight is 307 g/mol. The van der Waals surface area contributed by atoms with Crippen LogP contribution >= 0.6 is 11.3 Å². The predicted octanol–water partition coefficient (Wildman–Crippen LogP) is 2.47. The molecular formula is C13H13N3O4S. The first-order chi connectivity index (χ1) is 10.0. The van der Waals surface area contributed by atoms with Crippen LogP contribution < -0.4 is 4.90 Å². The zero-order valence-electron chi connectivity index (χ0n) is 11.5. The van der Waals surface area contributed by atoms with Gasteiger partial charge in [-0.05, 0) is 12.1 Å². The van der Waals surface area contributed by atoms with E-state index in [1.165, 1.54) is 36.6 Å².